The molecule has 0 aliphatic carbocycles. The van der Waals surface area contributed by atoms with E-state index >= 15 is 0 Å². The first-order valence-corrected chi connectivity index (χ1v) is 5.00. The Labute approximate surface area is 90.0 Å². The molecule has 1 saturated heterocycles. The molecule has 1 aromatic rings. The molecule has 0 amide bonds. The smallest absolute Gasteiger partial charge is 0.161 e. The van der Waals surface area contributed by atoms with Gasteiger partial charge in [0.1, 0.15) is 0 Å². The SMILES string of the molecule is COc1ccc(C2(C)COC2)cc1OC. The monoisotopic (exact) mass is 208 g/mol. The molecule has 3 heteroatoms. The van der Waals surface area contributed by atoms with Crippen molar-refractivity contribution in [2.75, 3.05) is 27.4 Å². The summed E-state index contributed by atoms with van der Waals surface area (Å²) < 4.78 is 15.7. The summed E-state index contributed by atoms with van der Waals surface area (Å²) in [5, 5.41) is 0. The van der Waals surface area contributed by atoms with E-state index < -0.39 is 0 Å². The first-order valence-electron chi connectivity index (χ1n) is 5.00. The van der Waals surface area contributed by atoms with Crippen LogP contribution in [-0.2, 0) is 10.2 Å². The fraction of sp³-hybridized carbons (Fsp3) is 0.500. The Kier molecular flexibility index (Phi) is 2.57. The maximum Gasteiger partial charge on any atom is 0.161 e. The molecule has 1 aromatic carbocycles. The molecular formula is C12H16O3. The molecule has 1 aliphatic heterocycles. The van der Waals surface area contributed by atoms with Crippen molar-refractivity contribution in [1.29, 1.82) is 0 Å². The van der Waals surface area contributed by atoms with Crippen LogP contribution in [0.15, 0.2) is 18.2 Å². The van der Waals surface area contributed by atoms with Crippen molar-refractivity contribution in [1.82, 2.24) is 0 Å². The molecule has 0 spiro atoms. The van der Waals surface area contributed by atoms with Gasteiger partial charge in [-0.05, 0) is 17.7 Å². The van der Waals surface area contributed by atoms with E-state index in [0.29, 0.717) is 0 Å². The zero-order valence-corrected chi connectivity index (χ0v) is 9.37. The highest BCUT2D eigenvalue weighted by Crippen LogP contribution is 2.36. The van der Waals surface area contributed by atoms with Gasteiger partial charge >= 0.3 is 0 Å². The largest absolute Gasteiger partial charge is 0.493 e. The summed E-state index contributed by atoms with van der Waals surface area (Å²) in [6.07, 6.45) is 0. The Morgan fingerprint density at radius 2 is 1.80 bits per heavy atom. The van der Waals surface area contributed by atoms with E-state index in [0.717, 1.165) is 24.7 Å². The lowest BCUT2D eigenvalue weighted by atomic mass is 9.81. The van der Waals surface area contributed by atoms with Gasteiger partial charge in [-0.15, -0.1) is 0 Å². The predicted octanol–water partition coefficient (Wildman–Crippen LogP) is 1.99. The molecule has 3 nitrogen and oxygen atoms in total. The fourth-order valence-corrected chi connectivity index (χ4v) is 1.79. The van der Waals surface area contributed by atoms with E-state index in [2.05, 4.69) is 13.0 Å². The van der Waals surface area contributed by atoms with Crippen molar-refractivity contribution in [2.45, 2.75) is 12.3 Å². The summed E-state index contributed by atoms with van der Waals surface area (Å²) in [6, 6.07) is 6.04. The average Bonchev–Trinajstić information content (AvgIpc) is 2.25. The Hall–Kier alpha value is -1.22. The Morgan fingerprint density at radius 3 is 2.27 bits per heavy atom. The van der Waals surface area contributed by atoms with Gasteiger partial charge in [0.05, 0.1) is 27.4 Å². The second kappa shape index (κ2) is 3.74. The van der Waals surface area contributed by atoms with Crippen molar-refractivity contribution < 1.29 is 14.2 Å². The minimum Gasteiger partial charge on any atom is -0.493 e. The molecule has 1 fully saturated rings. The highest BCUT2D eigenvalue weighted by Gasteiger charge is 2.35. The maximum absolute atomic E-state index is 5.27. The number of hydrogen-bond acceptors (Lipinski definition) is 3. The third kappa shape index (κ3) is 1.67. The van der Waals surface area contributed by atoms with Gasteiger partial charge in [0.25, 0.3) is 0 Å². The average molecular weight is 208 g/mol. The summed E-state index contributed by atoms with van der Waals surface area (Å²) in [5.74, 6) is 1.55. The zero-order chi connectivity index (χ0) is 10.9. The zero-order valence-electron chi connectivity index (χ0n) is 9.37. The molecular weight excluding hydrogens is 192 g/mol. The van der Waals surface area contributed by atoms with E-state index in [1.807, 2.05) is 12.1 Å². The van der Waals surface area contributed by atoms with E-state index in [1.165, 1.54) is 5.56 Å². The van der Waals surface area contributed by atoms with Gasteiger partial charge in [-0.2, -0.15) is 0 Å². The van der Waals surface area contributed by atoms with E-state index in [4.69, 9.17) is 14.2 Å². The minimum atomic E-state index is 0.138. The summed E-state index contributed by atoms with van der Waals surface area (Å²) >= 11 is 0. The fourth-order valence-electron chi connectivity index (χ4n) is 1.79. The summed E-state index contributed by atoms with van der Waals surface area (Å²) in [4.78, 5) is 0. The van der Waals surface area contributed by atoms with E-state index in [1.54, 1.807) is 14.2 Å². The molecule has 0 bridgehead atoms. The van der Waals surface area contributed by atoms with Crippen LogP contribution in [0.1, 0.15) is 12.5 Å². The van der Waals surface area contributed by atoms with Crippen LogP contribution in [0, 0.1) is 0 Å². The summed E-state index contributed by atoms with van der Waals surface area (Å²) in [7, 11) is 3.30. The second-order valence-corrected chi connectivity index (χ2v) is 4.12. The number of benzene rings is 1. The highest BCUT2D eigenvalue weighted by molar-refractivity contribution is 5.45. The van der Waals surface area contributed by atoms with Crippen LogP contribution in [-0.4, -0.2) is 27.4 Å². The Morgan fingerprint density at radius 1 is 1.13 bits per heavy atom. The lowest BCUT2D eigenvalue weighted by Crippen LogP contribution is -2.43. The third-order valence-corrected chi connectivity index (χ3v) is 2.92. The van der Waals surface area contributed by atoms with Crippen molar-refractivity contribution >= 4 is 0 Å². The molecule has 0 radical (unpaired) electrons. The summed E-state index contributed by atoms with van der Waals surface area (Å²) in [5.41, 5.74) is 1.38. The molecule has 15 heavy (non-hydrogen) atoms. The van der Waals surface area contributed by atoms with Gasteiger partial charge in [0, 0.05) is 5.41 Å². The van der Waals surface area contributed by atoms with Crippen LogP contribution >= 0.6 is 0 Å². The topological polar surface area (TPSA) is 27.7 Å². The second-order valence-electron chi connectivity index (χ2n) is 4.12. The molecule has 0 saturated carbocycles. The van der Waals surface area contributed by atoms with Gasteiger partial charge in [-0.1, -0.05) is 13.0 Å². The van der Waals surface area contributed by atoms with Crippen LogP contribution in [0.25, 0.3) is 0 Å². The highest BCUT2D eigenvalue weighted by atomic mass is 16.5. The van der Waals surface area contributed by atoms with E-state index in [9.17, 15) is 0 Å². The predicted molar refractivity (Wildman–Crippen MR) is 57.7 cm³/mol. The van der Waals surface area contributed by atoms with Crippen LogP contribution in [0.5, 0.6) is 11.5 Å². The van der Waals surface area contributed by atoms with Gasteiger partial charge < -0.3 is 14.2 Å². The van der Waals surface area contributed by atoms with Crippen LogP contribution in [0.3, 0.4) is 0 Å². The van der Waals surface area contributed by atoms with Gasteiger partial charge in [-0.25, -0.2) is 0 Å². The lowest BCUT2D eigenvalue weighted by Gasteiger charge is -2.38. The normalized spacial score (nSPS) is 18.1. The minimum absolute atomic E-state index is 0.138. The van der Waals surface area contributed by atoms with Crippen molar-refractivity contribution in [2.24, 2.45) is 0 Å². The first kappa shape index (κ1) is 10.3. The molecule has 2 rings (SSSR count). The van der Waals surface area contributed by atoms with E-state index in [-0.39, 0.29) is 5.41 Å². The van der Waals surface area contributed by atoms with Crippen molar-refractivity contribution in [3.63, 3.8) is 0 Å². The quantitative estimate of drug-likeness (QED) is 0.760. The van der Waals surface area contributed by atoms with Gasteiger partial charge in [0.2, 0.25) is 0 Å². The number of ether oxygens (including phenoxy) is 3. The van der Waals surface area contributed by atoms with Crippen LogP contribution < -0.4 is 9.47 Å². The molecule has 82 valence electrons. The standard InChI is InChI=1S/C12H16O3/c1-12(7-15-8-12)9-4-5-10(13-2)11(6-9)14-3/h4-6H,7-8H2,1-3H3. The molecule has 1 heterocycles. The lowest BCUT2D eigenvalue weighted by molar-refractivity contribution is -0.0500. The number of methoxy groups -OCH3 is 2. The first-order chi connectivity index (χ1) is 7.19. The Bertz CT molecular complexity index is 356. The number of hydrogen-bond donors (Lipinski definition) is 0. The Balaban J connectivity index is 2.34. The number of rotatable bonds is 3. The van der Waals surface area contributed by atoms with Gasteiger partial charge in [-0.3, -0.25) is 0 Å². The maximum atomic E-state index is 5.27. The molecule has 0 atom stereocenters. The molecule has 0 N–H and O–H groups in total. The molecule has 0 aromatic heterocycles. The molecule has 1 aliphatic rings. The van der Waals surface area contributed by atoms with Gasteiger partial charge in [0.15, 0.2) is 11.5 Å². The van der Waals surface area contributed by atoms with Crippen molar-refractivity contribution in [3.8, 4) is 11.5 Å². The van der Waals surface area contributed by atoms with Crippen molar-refractivity contribution in [3.05, 3.63) is 23.8 Å². The van der Waals surface area contributed by atoms with Crippen LogP contribution in [0.2, 0.25) is 0 Å². The third-order valence-electron chi connectivity index (χ3n) is 2.92. The van der Waals surface area contributed by atoms with Crippen LogP contribution in [0.4, 0.5) is 0 Å². The molecule has 0 unspecified atom stereocenters. The summed E-state index contributed by atoms with van der Waals surface area (Å²) in [6.45, 7) is 3.75.